The molecular formula is C27H29N5O5S. The lowest BCUT2D eigenvalue weighted by Gasteiger charge is -2.20. The monoisotopic (exact) mass is 535 g/mol. The molecule has 0 fully saturated rings. The largest absolute Gasteiger partial charge is 0.497 e. The van der Waals surface area contributed by atoms with E-state index in [0.29, 0.717) is 33.8 Å². The number of ether oxygens (including phenoxy) is 2. The number of nitrogens with two attached hydrogens (primary N) is 1. The van der Waals surface area contributed by atoms with Gasteiger partial charge in [-0.25, -0.2) is 18.4 Å². The molecule has 0 aliphatic carbocycles. The Labute approximate surface area is 221 Å². The number of benzene rings is 3. The molecule has 0 spiro atoms. The number of carbonyl (C=O) groups is 1. The van der Waals surface area contributed by atoms with Crippen LogP contribution in [0.2, 0.25) is 0 Å². The number of hydrogen-bond acceptors (Lipinski definition) is 8. The van der Waals surface area contributed by atoms with Gasteiger partial charge in [0.25, 0.3) is 10.0 Å². The maximum atomic E-state index is 13.5. The number of amides is 1. The molecule has 4 rings (SSSR count). The number of hydrogen-bond donors (Lipinski definition) is 3. The highest BCUT2D eigenvalue weighted by atomic mass is 32.2. The van der Waals surface area contributed by atoms with Crippen molar-refractivity contribution in [2.75, 3.05) is 24.3 Å². The zero-order chi connectivity index (χ0) is 27.5. The first-order chi connectivity index (χ1) is 18.0. The topological polar surface area (TPSA) is 146 Å². The van der Waals surface area contributed by atoms with Gasteiger partial charge in [-0.2, -0.15) is 0 Å². The molecule has 1 aromatic heterocycles. The molecule has 0 atom stereocenters. The molecule has 0 saturated carbocycles. The number of nitrogens with zero attached hydrogens (tertiary/aromatic N) is 2. The minimum absolute atomic E-state index is 0.00774. The summed E-state index contributed by atoms with van der Waals surface area (Å²) in [4.78, 5) is 20.9. The van der Waals surface area contributed by atoms with E-state index in [1.54, 1.807) is 62.4 Å². The number of sulfonamides is 1. The maximum absolute atomic E-state index is 13.5. The molecule has 0 aliphatic rings. The van der Waals surface area contributed by atoms with Crippen LogP contribution < -0.4 is 25.2 Å². The predicted molar refractivity (Wildman–Crippen MR) is 146 cm³/mol. The fourth-order valence-electron chi connectivity index (χ4n) is 3.78. The van der Waals surface area contributed by atoms with E-state index >= 15 is 0 Å². The summed E-state index contributed by atoms with van der Waals surface area (Å²) in [6, 6.07) is 18.7. The van der Waals surface area contributed by atoms with Gasteiger partial charge in [0.1, 0.15) is 11.5 Å². The van der Waals surface area contributed by atoms with E-state index in [9.17, 15) is 13.2 Å². The van der Waals surface area contributed by atoms with Crippen LogP contribution >= 0.6 is 0 Å². The van der Waals surface area contributed by atoms with Crippen LogP contribution in [0.15, 0.2) is 71.6 Å². The van der Waals surface area contributed by atoms with Crippen molar-refractivity contribution in [2.45, 2.75) is 25.2 Å². The fourth-order valence-corrected chi connectivity index (χ4v) is 4.86. The Balaban J connectivity index is 1.73. The number of anilines is 3. The van der Waals surface area contributed by atoms with Gasteiger partial charge in [0.15, 0.2) is 11.6 Å². The third kappa shape index (κ3) is 5.94. The zero-order valence-corrected chi connectivity index (χ0v) is 22.3. The number of nitrogens with one attached hydrogen (secondary N) is 2. The Kier molecular flexibility index (Phi) is 7.40. The Morgan fingerprint density at radius 1 is 0.895 bits per heavy atom. The van der Waals surface area contributed by atoms with Crippen molar-refractivity contribution < 1.29 is 22.7 Å². The number of fused-ring (bicyclic) bond motifs is 1. The standard InChI is InChI=1S/C27H29N5O5S/c1-27(2,26(28)33)16-17-8-7-9-21(12-17)38(34,35)32-25-24(30-22-10-5-6-11-23(22)31-25)29-18-13-19(36-3)15-20(14-18)37-4/h5-15H,16H2,1-4H3,(H2,28,33)(H,29,30)(H,31,32). The lowest BCUT2D eigenvalue weighted by molar-refractivity contribution is -0.125. The third-order valence-corrected chi connectivity index (χ3v) is 7.27. The number of carbonyl (C=O) groups excluding carboxylic acids is 1. The van der Waals surface area contributed by atoms with Crippen LogP contribution in [0.3, 0.4) is 0 Å². The first-order valence-electron chi connectivity index (χ1n) is 11.7. The van der Waals surface area contributed by atoms with Crippen LogP contribution in [0.4, 0.5) is 17.3 Å². The summed E-state index contributed by atoms with van der Waals surface area (Å²) in [5.74, 6) is 0.805. The highest BCUT2D eigenvalue weighted by Crippen LogP contribution is 2.32. The van der Waals surface area contributed by atoms with Crippen LogP contribution in [-0.4, -0.2) is 38.5 Å². The summed E-state index contributed by atoms with van der Waals surface area (Å²) in [5.41, 5.74) is 6.96. The number of para-hydroxylation sites is 2. The van der Waals surface area contributed by atoms with Gasteiger partial charge in [-0.15, -0.1) is 0 Å². The highest BCUT2D eigenvalue weighted by Gasteiger charge is 2.26. The smallest absolute Gasteiger partial charge is 0.263 e. The predicted octanol–water partition coefficient (Wildman–Crippen LogP) is 4.25. The Morgan fingerprint density at radius 2 is 1.50 bits per heavy atom. The molecule has 0 unspecified atom stereocenters. The Hall–Kier alpha value is -4.38. The quantitative estimate of drug-likeness (QED) is 0.273. The van der Waals surface area contributed by atoms with Crippen molar-refractivity contribution in [3.8, 4) is 11.5 Å². The number of aromatic nitrogens is 2. The van der Waals surface area contributed by atoms with E-state index in [4.69, 9.17) is 15.2 Å². The second-order valence-electron chi connectivity index (χ2n) is 9.31. The van der Waals surface area contributed by atoms with E-state index < -0.39 is 21.3 Å². The average Bonchev–Trinajstić information content (AvgIpc) is 2.88. The van der Waals surface area contributed by atoms with E-state index in [1.165, 1.54) is 26.4 Å². The van der Waals surface area contributed by atoms with E-state index in [2.05, 4.69) is 20.0 Å². The molecule has 0 aliphatic heterocycles. The molecular weight excluding hydrogens is 506 g/mol. The van der Waals surface area contributed by atoms with Gasteiger partial charge in [0.05, 0.1) is 30.1 Å². The normalized spacial score (nSPS) is 11.7. The summed E-state index contributed by atoms with van der Waals surface area (Å²) < 4.78 is 40.2. The van der Waals surface area contributed by atoms with Gasteiger partial charge < -0.3 is 20.5 Å². The van der Waals surface area contributed by atoms with Crippen molar-refractivity contribution in [3.05, 3.63) is 72.3 Å². The third-order valence-electron chi connectivity index (χ3n) is 5.94. The fraction of sp³-hybridized carbons (Fsp3) is 0.222. The molecule has 38 heavy (non-hydrogen) atoms. The molecule has 3 aromatic carbocycles. The summed E-state index contributed by atoms with van der Waals surface area (Å²) in [5, 5.41) is 3.13. The SMILES string of the molecule is COc1cc(Nc2nc3ccccc3nc2NS(=O)(=O)c2cccc(CC(C)(C)C(N)=O)c2)cc(OC)c1. The highest BCUT2D eigenvalue weighted by molar-refractivity contribution is 7.92. The Morgan fingerprint density at radius 3 is 2.08 bits per heavy atom. The summed E-state index contributed by atoms with van der Waals surface area (Å²) >= 11 is 0. The van der Waals surface area contributed by atoms with Crippen molar-refractivity contribution >= 4 is 44.3 Å². The molecule has 10 nitrogen and oxygen atoms in total. The number of methoxy groups -OCH3 is 2. The lowest BCUT2D eigenvalue weighted by Crippen LogP contribution is -2.33. The molecule has 0 saturated heterocycles. The van der Waals surface area contributed by atoms with Gasteiger partial charge in [-0.1, -0.05) is 38.1 Å². The second kappa shape index (κ2) is 10.5. The van der Waals surface area contributed by atoms with Crippen LogP contribution in [0.5, 0.6) is 11.5 Å². The van der Waals surface area contributed by atoms with E-state index in [1.807, 2.05) is 6.07 Å². The summed E-state index contributed by atoms with van der Waals surface area (Å²) in [7, 11) is -1.01. The van der Waals surface area contributed by atoms with Crippen LogP contribution in [0.25, 0.3) is 11.0 Å². The van der Waals surface area contributed by atoms with Gasteiger partial charge in [-0.3, -0.25) is 9.52 Å². The number of rotatable bonds is 10. The van der Waals surface area contributed by atoms with Gasteiger partial charge >= 0.3 is 0 Å². The maximum Gasteiger partial charge on any atom is 0.263 e. The molecule has 11 heteroatoms. The Bertz CT molecular complexity index is 1580. The van der Waals surface area contributed by atoms with Crippen molar-refractivity contribution in [3.63, 3.8) is 0 Å². The molecule has 1 amide bonds. The second-order valence-corrected chi connectivity index (χ2v) is 11.0. The molecule has 0 radical (unpaired) electrons. The molecule has 4 aromatic rings. The zero-order valence-electron chi connectivity index (χ0n) is 21.5. The molecule has 4 N–H and O–H groups in total. The van der Waals surface area contributed by atoms with E-state index in [0.717, 1.165) is 0 Å². The van der Waals surface area contributed by atoms with Gasteiger partial charge in [-0.05, 0) is 36.2 Å². The van der Waals surface area contributed by atoms with Gasteiger partial charge in [0.2, 0.25) is 5.91 Å². The van der Waals surface area contributed by atoms with Gasteiger partial charge in [0, 0.05) is 29.3 Å². The van der Waals surface area contributed by atoms with Crippen LogP contribution in [0.1, 0.15) is 19.4 Å². The van der Waals surface area contributed by atoms with E-state index in [-0.39, 0.29) is 23.0 Å². The minimum Gasteiger partial charge on any atom is -0.497 e. The molecule has 1 heterocycles. The van der Waals surface area contributed by atoms with Crippen molar-refractivity contribution in [1.29, 1.82) is 0 Å². The van der Waals surface area contributed by atoms with Crippen LogP contribution in [0, 0.1) is 5.41 Å². The summed E-state index contributed by atoms with van der Waals surface area (Å²) in [6.45, 7) is 3.43. The average molecular weight is 536 g/mol. The van der Waals surface area contributed by atoms with Crippen molar-refractivity contribution in [2.24, 2.45) is 11.1 Å². The first-order valence-corrected chi connectivity index (χ1v) is 13.2. The first kappa shape index (κ1) is 26.7. The summed E-state index contributed by atoms with van der Waals surface area (Å²) in [6.07, 6.45) is 0.284. The lowest BCUT2D eigenvalue weighted by atomic mass is 9.85. The number of primary amides is 1. The molecule has 198 valence electrons. The van der Waals surface area contributed by atoms with Crippen LogP contribution in [-0.2, 0) is 21.2 Å². The minimum atomic E-state index is -4.08. The molecule has 0 bridgehead atoms. The van der Waals surface area contributed by atoms with Crippen molar-refractivity contribution in [1.82, 2.24) is 9.97 Å².